The van der Waals surface area contributed by atoms with Gasteiger partial charge in [0.05, 0.1) is 6.42 Å². The van der Waals surface area contributed by atoms with Crippen molar-refractivity contribution in [3.05, 3.63) is 70.5 Å². The molecule has 0 unspecified atom stereocenters. The van der Waals surface area contributed by atoms with E-state index >= 15 is 0 Å². The van der Waals surface area contributed by atoms with Crippen LogP contribution in [0.25, 0.3) is 0 Å². The van der Waals surface area contributed by atoms with Crippen molar-refractivity contribution in [3.8, 4) is 0 Å². The predicted molar refractivity (Wildman–Crippen MR) is 114 cm³/mol. The lowest BCUT2D eigenvalue weighted by Gasteiger charge is -2.31. The minimum absolute atomic E-state index is 0.0166. The number of nitrogens with zero attached hydrogens (tertiary/aromatic N) is 1. The van der Waals surface area contributed by atoms with Gasteiger partial charge in [-0.1, -0.05) is 55.8 Å². The van der Waals surface area contributed by atoms with Crippen molar-refractivity contribution >= 4 is 23.4 Å². The number of hydrogen-bond donors (Lipinski definition) is 1. The molecule has 0 spiro atoms. The van der Waals surface area contributed by atoms with Crippen LogP contribution in [-0.2, 0) is 22.6 Å². The molecule has 1 N–H and O–H groups in total. The monoisotopic (exact) mass is 418 g/mol. The summed E-state index contributed by atoms with van der Waals surface area (Å²) in [6, 6.07) is 12.5. The van der Waals surface area contributed by atoms with Gasteiger partial charge >= 0.3 is 0 Å². The molecule has 0 aliphatic rings. The SMILES string of the molecule is CC[C@H](C(=O)N[C@@H](C)CC)N(Cc1ccc(F)cc1)C(=O)Cc1ccccc1Cl. The zero-order valence-corrected chi connectivity index (χ0v) is 17.9. The van der Waals surface area contributed by atoms with E-state index in [1.165, 1.54) is 12.1 Å². The van der Waals surface area contributed by atoms with Gasteiger partial charge < -0.3 is 10.2 Å². The lowest BCUT2D eigenvalue weighted by molar-refractivity contribution is -0.141. The topological polar surface area (TPSA) is 49.4 Å². The Labute approximate surface area is 177 Å². The predicted octanol–water partition coefficient (Wildman–Crippen LogP) is 4.74. The molecule has 6 heteroatoms. The van der Waals surface area contributed by atoms with Crippen LogP contribution in [0.5, 0.6) is 0 Å². The molecule has 2 aromatic rings. The van der Waals surface area contributed by atoms with Crippen LogP contribution in [0.15, 0.2) is 48.5 Å². The highest BCUT2D eigenvalue weighted by Crippen LogP contribution is 2.19. The Morgan fingerprint density at radius 2 is 1.72 bits per heavy atom. The zero-order valence-electron chi connectivity index (χ0n) is 17.1. The first-order chi connectivity index (χ1) is 13.8. The van der Waals surface area contributed by atoms with Crippen LogP contribution in [0.4, 0.5) is 4.39 Å². The fourth-order valence-electron chi connectivity index (χ4n) is 3.05. The van der Waals surface area contributed by atoms with Crippen LogP contribution >= 0.6 is 11.6 Å². The molecule has 0 aromatic heterocycles. The average molecular weight is 419 g/mol. The number of carbonyl (C=O) groups is 2. The molecular formula is C23H28ClFN2O2. The van der Waals surface area contributed by atoms with E-state index in [0.29, 0.717) is 17.0 Å². The number of rotatable bonds is 9. The first-order valence-corrected chi connectivity index (χ1v) is 10.3. The summed E-state index contributed by atoms with van der Waals surface area (Å²) < 4.78 is 13.3. The number of hydrogen-bond acceptors (Lipinski definition) is 2. The van der Waals surface area contributed by atoms with Crippen molar-refractivity contribution in [2.45, 2.75) is 58.7 Å². The largest absolute Gasteiger partial charge is 0.352 e. The van der Waals surface area contributed by atoms with Crippen LogP contribution in [0.2, 0.25) is 5.02 Å². The van der Waals surface area contributed by atoms with Gasteiger partial charge in [-0.05, 0) is 49.1 Å². The van der Waals surface area contributed by atoms with E-state index in [-0.39, 0.29) is 36.6 Å². The van der Waals surface area contributed by atoms with E-state index in [1.54, 1.807) is 35.2 Å². The Morgan fingerprint density at radius 3 is 2.31 bits per heavy atom. The molecule has 0 aliphatic carbocycles. The Kier molecular flexibility index (Phi) is 8.65. The molecule has 0 radical (unpaired) electrons. The van der Waals surface area contributed by atoms with Crippen LogP contribution in [-0.4, -0.2) is 28.8 Å². The molecule has 4 nitrogen and oxygen atoms in total. The summed E-state index contributed by atoms with van der Waals surface area (Å²) in [7, 11) is 0. The van der Waals surface area contributed by atoms with E-state index in [1.807, 2.05) is 26.8 Å². The van der Waals surface area contributed by atoms with Gasteiger partial charge in [0.25, 0.3) is 0 Å². The van der Waals surface area contributed by atoms with Gasteiger partial charge in [-0.3, -0.25) is 9.59 Å². The first kappa shape index (κ1) is 22.9. The van der Waals surface area contributed by atoms with E-state index in [9.17, 15) is 14.0 Å². The summed E-state index contributed by atoms with van der Waals surface area (Å²) >= 11 is 6.22. The highest BCUT2D eigenvalue weighted by atomic mass is 35.5. The third kappa shape index (κ3) is 6.57. The maximum absolute atomic E-state index is 13.3. The molecule has 0 saturated carbocycles. The minimum Gasteiger partial charge on any atom is -0.352 e. The Balaban J connectivity index is 2.29. The first-order valence-electron chi connectivity index (χ1n) is 9.93. The van der Waals surface area contributed by atoms with Crippen molar-refractivity contribution in [2.75, 3.05) is 0 Å². The second-order valence-corrected chi connectivity index (χ2v) is 7.57. The molecular weight excluding hydrogens is 391 g/mol. The van der Waals surface area contributed by atoms with Gasteiger partial charge in [-0.25, -0.2) is 4.39 Å². The van der Waals surface area contributed by atoms with Crippen LogP contribution in [0, 0.1) is 5.82 Å². The molecule has 2 amide bonds. The third-order valence-corrected chi connectivity index (χ3v) is 5.32. The Hall–Kier alpha value is -2.40. The smallest absolute Gasteiger partial charge is 0.243 e. The fraction of sp³-hybridized carbons (Fsp3) is 0.391. The molecule has 0 bridgehead atoms. The highest BCUT2D eigenvalue weighted by Gasteiger charge is 2.29. The lowest BCUT2D eigenvalue weighted by atomic mass is 10.1. The minimum atomic E-state index is -0.621. The Bertz CT molecular complexity index is 826. The molecule has 0 saturated heterocycles. The van der Waals surface area contributed by atoms with Gasteiger partial charge in [0.15, 0.2) is 0 Å². The van der Waals surface area contributed by atoms with E-state index in [4.69, 9.17) is 11.6 Å². The van der Waals surface area contributed by atoms with Crippen LogP contribution in [0.1, 0.15) is 44.7 Å². The number of amides is 2. The zero-order chi connectivity index (χ0) is 21.4. The maximum atomic E-state index is 13.3. The molecule has 0 heterocycles. The average Bonchev–Trinajstić information content (AvgIpc) is 2.70. The molecule has 2 atom stereocenters. The Morgan fingerprint density at radius 1 is 1.07 bits per heavy atom. The summed E-state index contributed by atoms with van der Waals surface area (Å²) in [4.78, 5) is 27.6. The standard InChI is InChI=1S/C23H28ClFN2O2/c1-4-16(3)26-23(29)21(5-2)27(15-17-10-12-19(25)13-11-17)22(28)14-18-8-6-7-9-20(18)24/h6-13,16,21H,4-5,14-15H2,1-3H3,(H,26,29)/t16-,21+/m0/s1. The lowest BCUT2D eigenvalue weighted by Crippen LogP contribution is -2.51. The molecule has 2 aromatic carbocycles. The molecule has 2 rings (SSSR count). The van der Waals surface area contributed by atoms with E-state index < -0.39 is 6.04 Å². The summed E-state index contributed by atoms with van der Waals surface area (Å²) in [6.07, 6.45) is 1.36. The molecule has 0 fully saturated rings. The normalized spacial score (nSPS) is 12.9. The van der Waals surface area contributed by atoms with Gasteiger partial charge in [-0.15, -0.1) is 0 Å². The van der Waals surface area contributed by atoms with E-state index in [2.05, 4.69) is 5.32 Å². The second kappa shape index (κ2) is 11.0. The van der Waals surface area contributed by atoms with Crippen LogP contribution < -0.4 is 5.32 Å². The molecule has 29 heavy (non-hydrogen) atoms. The molecule has 156 valence electrons. The van der Waals surface area contributed by atoms with Gasteiger partial charge in [-0.2, -0.15) is 0 Å². The van der Waals surface area contributed by atoms with Gasteiger partial charge in [0.2, 0.25) is 11.8 Å². The number of halogens is 2. The maximum Gasteiger partial charge on any atom is 0.243 e. The van der Waals surface area contributed by atoms with Crippen molar-refractivity contribution in [3.63, 3.8) is 0 Å². The quantitative estimate of drug-likeness (QED) is 0.639. The summed E-state index contributed by atoms with van der Waals surface area (Å²) in [6.45, 7) is 6.02. The number of benzene rings is 2. The van der Waals surface area contributed by atoms with Crippen molar-refractivity contribution < 1.29 is 14.0 Å². The fourth-order valence-corrected chi connectivity index (χ4v) is 3.26. The van der Waals surface area contributed by atoms with Crippen molar-refractivity contribution in [1.82, 2.24) is 10.2 Å². The van der Waals surface area contributed by atoms with Gasteiger partial charge in [0, 0.05) is 17.6 Å². The number of carbonyl (C=O) groups excluding carboxylic acids is 2. The van der Waals surface area contributed by atoms with Gasteiger partial charge in [0.1, 0.15) is 11.9 Å². The van der Waals surface area contributed by atoms with Crippen LogP contribution in [0.3, 0.4) is 0 Å². The molecule has 0 aliphatic heterocycles. The highest BCUT2D eigenvalue weighted by molar-refractivity contribution is 6.31. The second-order valence-electron chi connectivity index (χ2n) is 7.16. The summed E-state index contributed by atoms with van der Waals surface area (Å²) in [5.74, 6) is -0.728. The third-order valence-electron chi connectivity index (χ3n) is 4.95. The van der Waals surface area contributed by atoms with Crippen molar-refractivity contribution in [1.29, 1.82) is 0 Å². The van der Waals surface area contributed by atoms with Crippen molar-refractivity contribution in [2.24, 2.45) is 0 Å². The van der Waals surface area contributed by atoms with E-state index in [0.717, 1.165) is 12.0 Å². The number of nitrogens with one attached hydrogen (secondary N) is 1. The summed E-state index contributed by atoms with van der Waals surface area (Å²) in [5, 5.41) is 3.48. The summed E-state index contributed by atoms with van der Waals surface area (Å²) in [5.41, 5.74) is 1.47.